The number of hydrogen-bond acceptors (Lipinski definition) is 3. The quantitative estimate of drug-likeness (QED) is 0.753. The molecule has 0 aliphatic carbocycles. The fourth-order valence-electron chi connectivity index (χ4n) is 3.31. The second kappa shape index (κ2) is 8.77. The van der Waals surface area contributed by atoms with Gasteiger partial charge in [-0.05, 0) is 17.7 Å². The van der Waals surface area contributed by atoms with Crippen molar-refractivity contribution in [2.75, 3.05) is 31.7 Å². The zero-order valence-electron chi connectivity index (χ0n) is 15.3. The van der Waals surface area contributed by atoms with Gasteiger partial charge in [-0.3, -0.25) is 9.59 Å². The van der Waals surface area contributed by atoms with Gasteiger partial charge in [-0.1, -0.05) is 42.5 Å². The molecule has 5 nitrogen and oxygen atoms in total. The molecule has 2 aromatic rings. The minimum Gasteiger partial charge on any atom is -0.383 e. The predicted octanol–water partition coefficient (Wildman–Crippen LogP) is 2.85. The lowest BCUT2D eigenvalue weighted by Crippen LogP contribution is -2.39. The van der Waals surface area contributed by atoms with E-state index in [9.17, 15) is 14.0 Å². The van der Waals surface area contributed by atoms with Gasteiger partial charge in [-0.15, -0.1) is 0 Å². The predicted molar refractivity (Wildman–Crippen MR) is 101 cm³/mol. The molecule has 1 atom stereocenters. The summed E-state index contributed by atoms with van der Waals surface area (Å²) in [5, 5.41) is 0. The highest BCUT2D eigenvalue weighted by Crippen LogP contribution is 2.28. The molecule has 0 N–H and O–H groups in total. The van der Waals surface area contributed by atoms with E-state index in [1.54, 1.807) is 30.2 Å². The van der Waals surface area contributed by atoms with Crippen LogP contribution in [0.4, 0.5) is 10.1 Å². The molecular weight excluding hydrogens is 347 g/mol. The number of nitrogens with zero attached hydrogens (tertiary/aromatic N) is 2. The minimum absolute atomic E-state index is 0.0887. The third-order valence-corrected chi connectivity index (χ3v) is 4.71. The number of amides is 2. The lowest BCUT2D eigenvalue weighted by Gasteiger charge is -2.25. The van der Waals surface area contributed by atoms with Crippen LogP contribution >= 0.6 is 0 Å². The summed E-state index contributed by atoms with van der Waals surface area (Å²) in [5.74, 6) is -1.29. The number of carbonyl (C=O) groups excluding carboxylic acids is 2. The fourth-order valence-corrected chi connectivity index (χ4v) is 3.31. The van der Waals surface area contributed by atoms with Crippen LogP contribution in [0.25, 0.3) is 0 Å². The Morgan fingerprint density at radius 2 is 1.89 bits per heavy atom. The van der Waals surface area contributed by atoms with Crippen LogP contribution < -0.4 is 4.90 Å². The third-order valence-electron chi connectivity index (χ3n) is 4.71. The van der Waals surface area contributed by atoms with Gasteiger partial charge in [0.05, 0.1) is 18.2 Å². The normalized spacial score (nSPS) is 16.6. The summed E-state index contributed by atoms with van der Waals surface area (Å²) >= 11 is 0. The fraction of sp³-hybridized carbons (Fsp3) is 0.333. The van der Waals surface area contributed by atoms with E-state index in [4.69, 9.17) is 4.74 Å². The number of methoxy groups -OCH3 is 1. The summed E-state index contributed by atoms with van der Waals surface area (Å²) in [4.78, 5) is 28.5. The van der Waals surface area contributed by atoms with E-state index in [0.717, 1.165) is 5.56 Å². The van der Waals surface area contributed by atoms with Crippen LogP contribution in [0.1, 0.15) is 12.0 Å². The Morgan fingerprint density at radius 3 is 2.59 bits per heavy atom. The number of anilines is 1. The highest BCUT2D eigenvalue weighted by Gasteiger charge is 2.38. The van der Waals surface area contributed by atoms with Crippen molar-refractivity contribution in [3.8, 4) is 0 Å². The van der Waals surface area contributed by atoms with E-state index in [2.05, 4.69) is 0 Å². The van der Waals surface area contributed by atoms with Gasteiger partial charge in [-0.2, -0.15) is 0 Å². The van der Waals surface area contributed by atoms with Gasteiger partial charge in [0.1, 0.15) is 5.82 Å². The van der Waals surface area contributed by atoms with Gasteiger partial charge in [0.25, 0.3) is 0 Å². The van der Waals surface area contributed by atoms with Gasteiger partial charge < -0.3 is 14.5 Å². The zero-order valence-corrected chi connectivity index (χ0v) is 15.3. The summed E-state index contributed by atoms with van der Waals surface area (Å²) in [7, 11) is 1.59. The first kappa shape index (κ1) is 19.0. The summed E-state index contributed by atoms with van der Waals surface area (Å²) in [5.41, 5.74) is 1.24. The monoisotopic (exact) mass is 370 g/mol. The molecule has 27 heavy (non-hydrogen) atoms. The molecule has 0 aromatic heterocycles. The van der Waals surface area contributed by atoms with Gasteiger partial charge in [0.15, 0.2) is 0 Å². The van der Waals surface area contributed by atoms with Crippen LogP contribution in [0, 0.1) is 11.7 Å². The Bertz CT molecular complexity index is 797. The maximum Gasteiger partial charge on any atom is 0.228 e. The second-order valence-electron chi connectivity index (χ2n) is 6.59. The Kier molecular flexibility index (Phi) is 6.19. The first-order chi connectivity index (χ1) is 13.1. The van der Waals surface area contributed by atoms with Crippen molar-refractivity contribution in [3.63, 3.8) is 0 Å². The Labute approximate surface area is 158 Å². The van der Waals surface area contributed by atoms with E-state index >= 15 is 0 Å². The molecule has 1 saturated heterocycles. The van der Waals surface area contributed by atoms with E-state index in [-0.39, 0.29) is 30.5 Å². The van der Waals surface area contributed by atoms with Crippen molar-refractivity contribution in [3.05, 3.63) is 66.0 Å². The van der Waals surface area contributed by atoms with Gasteiger partial charge in [0.2, 0.25) is 11.8 Å². The SMILES string of the molecule is COCCN(Cc1ccccc1)C(=O)C1CC(=O)N(c2ccccc2F)C1. The molecule has 142 valence electrons. The maximum absolute atomic E-state index is 14.0. The second-order valence-corrected chi connectivity index (χ2v) is 6.59. The molecule has 1 fully saturated rings. The molecule has 1 aliphatic rings. The highest BCUT2D eigenvalue weighted by atomic mass is 19.1. The smallest absolute Gasteiger partial charge is 0.228 e. The molecule has 0 bridgehead atoms. The molecule has 3 rings (SSSR count). The maximum atomic E-state index is 14.0. The van der Waals surface area contributed by atoms with Crippen LogP contribution in [0.15, 0.2) is 54.6 Å². The van der Waals surface area contributed by atoms with Crippen molar-refractivity contribution in [1.29, 1.82) is 0 Å². The Balaban J connectivity index is 1.74. The van der Waals surface area contributed by atoms with Gasteiger partial charge in [0, 0.05) is 33.2 Å². The van der Waals surface area contributed by atoms with Gasteiger partial charge >= 0.3 is 0 Å². The number of ether oxygens (including phenoxy) is 1. The van der Waals surface area contributed by atoms with Crippen molar-refractivity contribution >= 4 is 17.5 Å². The number of halogens is 1. The van der Waals surface area contributed by atoms with Crippen LogP contribution in [0.2, 0.25) is 0 Å². The van der Waals surface area contributed by atoms with E-state index < -0.39 is 11.7 Å². The molecule has 1 aliphatic heterocycles. The number of benzene rings is 2. The highest BCUT2D eigenvalue weighted by molar-refractivity contribution is 6.00. The van der Waals surface area contributed by atoms with E-state index in [1.165, 1.54) is 11.0 Å². The first-order valence-corrected chi connectivity index (χ1v) is 8.96. The first-order valence-electron chi connectivity index (χ1n) is 8.96. The molecular formula is C21H23FN2O3. The van der Waals surface area contributed by atoms with Gasteiger partial charge in [-0.25, -0.2) is 4.39 Å². The molecule has 6 heteroatoms. The molecule has 2 aromatic carbocycles. The van der Waals surface area contributed by atoms with Crippen molar-refractivity contribution in [2.45, 2.75) is 13.0 Å². The molecule has 1 unspecified atom stereocenters. The van der Waals surface area contributed by atoms with Crippen molar-refractivity contribution in [2.24, 2.45) is 5.92 Å². The van der Waals surface area contributed by atoms with Crippen molar-refractivity contribution in [1.82, 2.24) is 4.90 Å². The zero-order chi connectivity index (χ0) is 19.2. The lowest BCUT2D eigenvalue weighted by atomic mass is 10.1. The molecule has 0 radical (unpaired) electrons. The largest absolute Gasteiger partial charge is 0.383 e. The summed E-state index contributed by atoms with van der Waals surface area (Å²) in [6.45, 7) is 1.50. The van der Waals surface area contributed by atoms with Crippen LogP contribution in [0.3, 0.4) is 0 Å². The Morgan fingerprint density at radius 1 is 1.19 bits per heavy atom. The van der Waals surface area contributed by atoms with E-state index in [1.807, 2.05) is 30.3 Å². The summed E-state index contributed by atoms with van der Waals surface area (Å²) in [6, 6.07) is 15.8. The number of rotatable bonds is 7. The average Bonchev–Trinajstić information content (AvgIpc) is 3.07. The van der Waals surface area contributed by atoms with Crippen molar-refractivity contribution < 1.29 is 18.7 Å². The summed E-state index contributed by atoms with van der Waals surface area (Å²) < 4.78 is 19.2. The summed E-state index contributed by atoms with van der Waals surface area (Å²) in [6.07, 6.45) is 0.0887. The number of hydrogen-bond donors (Lipinski definition) is 0. The topological polar surface area (TPSA) is 49.9 Å². The number of carbonyl (C=O) groups is 2. The Hall–Kier alpha value is -2.73. The molecule has 0 saturated carbocycles. The van der Waals surface area contributed by atoms with Crippen LogP contribution in [-0.4, -0.2) is 43.5 Å². The third kappa shape index (κ3) is 4.52. The standard InChI is InChI=1S/C21H23FN2O3/c1-27-12-11-23(14-16-7-3-2-4-8-16)21(26)17-13-20(25)24(15-17)19-10-6-5-9-18(19)22/h2-10,17H,11-15H2,1H3. The molecule has 0 spiro atoms. The molecule has 2 amide bonds. The minimum atomic E-state index is -0.488. The molecule has 1 heterocycles. The average molecular weight is 370 g/mol. The number of para-hydroxylation sites is 1. The van der Waals surface area contributed by atoms with Crippen LogP contribution in [0.5, 0.6) is 0 Å². The van der Waals surface area contributed by atoms with Crippen LogP contribution in [-0.2, 0) is 20.9 Å². The lowest BCUT2D eigenvalue weighted by molar-refractivity contribution is -0.137. The van der Waals surface area contributed by atoms with E-state index in [0.29, 0.717) is 19.7 Å².